The summed E-state index contributed by atoms with van der Waals surface area (Å²) in [5, 5.41) is 3.90. The van der Waals surface area contributed by atoms with E-state index in [1.807, 2.05) is 0 Å². The molecule has 0 bridgehead atoms. The third-order valence-corrected chi connectivity index (χ3v) is 5.30. The van der Waals surface area contributed by atoms with Gasteiger partial charge in [-0.3, -0.25) is 0 Å². The van der Waals surface area contributed by atoms with Crippen LogP contribution in [0.5, 0.6) is 0 Å². The molecule has 4 unspecified atom stereocenters. The van der Waals surface area contributed by atoms with Gasteiger partial charge < -0.3 is 5.32 Å². The van der Waals surface area contributed by atoms with E-state index in [0.717, 1.165) is 23.9 Å². The van der Waals surface area contributed by atoms with Gasteiger partial charge in [0, 0.05) is 12.1 Å². The summed E-state index contributed by atoms with van der Waals surface area (Å²) < 4.78 is 0. The van der Waals surface area contributed by atoms with Gasteiger partial charge in [0.15, 0.2) is 0 Å². The van der Waals surface area contributed by atoms with E-state index >= 15 is 0 Å². The van der Waals surface area contributed by atoms with E-state index in [4.69, 9.17) is 0 Å². The van der Waals surface area contributed by atoms with Crippen LogP contribution in [-0.2, 0) is 0 Å². The van der Waals surface area contributed by atoms with Crippen LogP contribution >= 0.6 is 0 Å². The average molecular weight is 209 g/mol. The molecule has 0 heterocycles. The van der Waals surface area contributed by atoms with Crippen molar-refractivity contribution in [3.05, 3.63) is 0 Å². The average Bonchev–Trinajstić information content (AvgIpc) is 2.87. The zero-order valence-corrected chi connectivity index (χ0v) is 10.8. The van der Waals surface area contributed by atoms with Crippen LogP contribution in [0.15, 0.2) is 0 Å². The first-order chi connectivity index (χ1) is 7.07. The summed E-state index contributed by atoms with van der Waals surface area (Å²) in [7, 11) is 0. The Balaban J connectivity index is 1.85. The molecule has 4 atom stereocenters. The zero-order valence-electron chi connectivity index (χ0n) is 10.8. The van der Waals surface area contributed by atoms with Crippen molar-refractivity contribution in [3.8, 4) is 0 Å². The van der Waals surface area contributed by atoms with Crippen LogP contribution in [0.4, 0.5) is 0 Å². The molecule has 0 aromatic carbocycles. The Morgan fingerprint density at radius 2 is 2.00 bits per heavy atom. The number of rotatable bonds is 4. The zero-order chi connectivity index (χ0) is 11.1. The van der Waals surface area contributed by atoms with Gasteiger partial charge in [-0.25, -0.2) is 0 Å². The van der Waals surface area contributed by atoms with Crippen molar-refractivity contribution in [2.45, 2.75) is 71.9 Å². The van der Waals surface area contributed by atoms with Gasteiger partial charge in [0.05, 0.1) is 0 Å². The summed E-state index contributed by atoms with van der Waals surface area (Å²) in [4.78, 5) is 0. The predicted molar refractivity (Wildman–Crippen MR) is 65.9 cm³/mol. The van der Waals surface area contributed by atoms with Crippen molar-refractivity contribution in [1.29, 1.82) is 0 Å². The Bertz CT molecular complexity index is 219. The van der Waals surface area contributed by atoms with Crippen molar-refractivity contribution in [1.82, 2.24) is 5.32 Å². The number of nitrogens with one attached hydrogen (secondary N) is 1. The van der Waals surface area contributed by atoms with Crippen molar-refractivity contribution < 1.29 is 0 Å². The summed E-state index contributed by atoms with van der Waals surface area (Å²) >= 11 is 0. The van der Waals surface area contributed by atoms with Gasteiger partial charge in [0.25, 0.3) is 0 Å². The second kappa shape index (κ2) is 4.08. The van der Waals surface area contributed by atoms with Crippen molar-refractivity contribution in [3.63, 3.8) is 0 Å². The fraction of sp³-hybridized carbons (Fsp3) is 1.00. The van der Waals surface area contributed by atoms with Crippen LogP contribution in [0.25, 0.3) is 0 Å². The Hall–Kier alpha value is -0.0400. The van der Waals surface area contributed by atoms with Crippen molar-refractivity contribution >= 4 is 0 Å². The highest BCUT2D eigenvalue weighted by Crippen LogP contribution is 2.48. The highest BCUT2D eigenvalue weighted by Gasteiger charge is 2.44. The molecule has 0 spiro atoms. The summed E-state index contributed by atoms with van der Waals surface area (Å²) in [6.07, 6.45) is 7.07. The Labute approximate surface area is 95.0 Å². The van der Waals surface area contributed by atoms with Crippen LogP contribution in [0, 0.1) is 17.3 Å². The minimum atomic E-state index is 0.629. The van der Waals surface area contributed by atoms with E-state index in [-0.39, 0.29) is 0 Å². The van der Waals surface area contributed by atoms with E-state index in [1.54, 1.807) is 0 Å². The van der Waals surface area contributed by atoms with Gasteiger partial charge in [-0.15, -0.1) is 0 Å². The molecule has 2 aliphatic carbocycles. The SMILES string of the molecule is CCC1CCC(NC(C)C2(C)CC2)C1C. The fourth-order valence-electron chi connectivity index (χ4n) is 3.21. The molecule has 2 rings (SSSR count). The standard InChI is InChI=1S/C14H27N/c1-5-12-6-7-13(10(12)2)15-11(3)14(4)8-9-14/h10-13,15H,5-9H2,1-4H3. The van der Waals surface area contributed by atoms with Crippen LogP contribution in [0.1, 0.15) is 59.8 Å². The predicted octanol–water partition coefficient (Wildman–Crippen LogP) is 3.59. The number of hydrogen-bond donors (Lipinski definition) is 1. The molecule has 0 saturated heterocycles. The van der Waals surface area contributed by atoms with Crippen LogP contribution < -0.4 is 5.32 Å². The molecule has 0 radical (unpaired) electrons. The van der Waals surface area contributed by atoms with Gasteiger partial charge in [-0.05, 0) is 49.9 Å². The van der Waals surface area contributed by atoms with E-state index in [9.17, 15) is 0 Å². The van der Waals surface area contributed by atoms with Gasteiger partial charge in [0.1, 0.15) is 0 Å². The molecule has 1 N–H and O–H groups in total. The van der Waals surface area contributed by atoms with Gasteiger partial charge in [-0.2, -0.15) is 0 Å². The second-order valence-corrected chi connectivity index (χ2v) is 6.25. The molecule has 2 fully saturated rings. The Kier molecular flexibility index (Phi) is 3.12. The van der Waals surface area contributed by atoms with Crippen LogP contribution in [0.2, 0.25) is 0 Å². The Morgan fingerprint density at radius 1 is 1.33 bits per heavy atom. The first-order valence-corrected chi connectivity index (χ1v) is 6.83. The topological polar surface area (TPSA) is 12.0 Å². The third kappa shape index (κ3) is 2.22. The van der Waals surface area contributed by atoms with Crippen LogP contribution in [0.3, 0.4) is 0 Å². The molecule has 1 heteroatoms. The van der Waals surface area contributed by atoms with Gasteiger partial charge in [0.2, 0.25) is 0 Å². The maximum atomic E-state index is 3.90. The quantitative estimate of drug-likeness (QED) is 0.746. The molecule has 15 heavy (non-hydrogen) atoms. The largest absolute Gasteiger partial charge is 0.311 e. The summed E-state index contributed by atoms with van der Waals surface area (Å²) in [6, 6.07) is 1.52. The molecule has 0 aromatic heterocycles. The summed E-state index contributed by atoms with van der Waals surface area (Å²) in [5.74, 6) is 1.86. The molecular formula is C14H27N. The highest BCUT2D eigenvalue weighted by atomic mass is 15.0. The normalized spacial score (nSPS) is 40.4. The maximum absolute atomic E-state index is 3.90. The van der Waals surface area contributed by atoms with Crippen molar-refractivity contribution in [2.75, 3.05) is 0 Å². The molecule has 1 nitrogen and oxygen atoms in total. The lowest BCUT2D eigenvalue weighted by Crippen LogP contribution is -2.42. The minimum Gasteiger partial charge on any atom is -0.311 e. The first-order valence-electron chi connectivity index (χ1n) is 6.83. The molecule has 0 aliphatic heterocycles. The molecular weight excluding hydrogens is 182 g/mol. The van der Waals surface area contributed by atoms with Gasteiger partial charge in [-0.1, -0.05) is 27.2 Å². The molecule has 88 valence electrons. The third-order valence-electron chi connectivity index (χ3n) is 5.30. The molecule has 2 aliphatic rings. The fourth-order valence-corrected chi connectivity index (χ4v) is 3.21. The van der Waals surface area contributed by atoms with Crippen LogP contribution in [-0.4, -0.2) is 12.1 Å². The van der Waals surface area contributed by atoms with Crippen molar-refractivity contribution in [2.24, 2.45) is 17.3 Å². The minimum absolute atomic E-state index is 0.629. The van der Waals surface area contributed by atoms with Gasteiger partial charge >= 0.3 is 0 Å². The smallest absolute Gasteiger partial charge is 0.00981 e. The summed E-state index contributed by atoms with van der Waals surface area (Å²) in [5.41, 5.74) is 0.629. The highest BCUT2D eigenvalue weighted by molar-refractivity contribution is 4.99. The summed E-state index contributed by atoms with van der Waals surface area (Å²) in [6.45, 7) is 9.61. The van der Waals surface area contributed by atoms with E-state index in [2.05, 4.69) is 33.0 Å². The first kappa shape index (κ1) is 11.4. The Morgan fingerprint density at radius 3 is 2.47 bits per heavy atom. The second-order valence-electron chi connectivity index (χ2n) is 6.25. The molecule has 0 aromatic rings. The maximum Gasteiger partial charge on any atom is 0.00981 e. The van der Waals surface area contributed by atoms with E-state index in [1.165, 1.54) is 32.1 Å². The molecule has 2 saturated carbocycles. The number of hydrogen-bond acceptors (Lipinski definition) is 1. The monoisotopic (exact) mass is 209 g/mol. The lowest BCUT2D eigenvalue weighted by Gasteiger charge is -2.28. The van der Waals surface area contributed by atoms with E-state index < -0.39 is 0 Å². The lowest BCUT2D eigenvalue weighted by atomic mass is 9.92. The van der Waals surface area contributed by atoms with E-state index in [0.29, 0.717) is 5.41 Å². The molecule has 0 amide bonds. The lowest BCUT2D eigenvalue weighted by molar-refractivity contribution is 0.283.